The minimum absolute atomic E-state index is 0.683. The highest BCUT2D eigenvalue weighted by Crippen LogP contribution is 2.23. The van der Waals surface area contributed by atoms with E-state index >= 15 is 0 Å². The van der Waals surface area contributed by atoms with Crippen molar-refractivity contribution in [3.05, 3.63) is 18.2 Å². The number of aromatic amines is 1. The van der Waals surface area contributed by atoms with Crippen LogP contribution in [-0.2, 0) is 0 Å². The third-order valence-electron chi connectivity index (χ3n) is 2.35. The van der Waals surface area contributed by atoms with Crippen LogP contribution in [0.2, 0.25) is 0 Å². The number of likely N-dealkylation sites (tertiary alicyclic amines) is 1. The molecule has 3 heteroatoms. The number of nitrogens with one attached hydrogen (secondary N) is 1. The number of rotatable bonds is 1. The fraction of sp³-hybridized carbons (Fsp3) is 0.625. The summed E-state index contributed by atoms with van der Waals surface area (Å²) in [5.41, 5.74) is 1.29. The molecule has 60 valence electrons. The van der Waals surface area contributed by atoms with Gasteiger partial charge in [0.2, 0.25) is 0 Å². The van der Waals surface area contributed by atoms with Gasteiger partial charge >= 0.3 is 0 Å². The lowest BCUT2D eigenvalue weighted by atomic mass is 10.1. The van der Waals surface area contributed by atoms with E-state index in [1.165, 1.54) is 25.2 Å². The Morgan fingerprint density at radius 1 is 1.73 bits per heavy atom. The van der Waals surface area contributed by atoms with Crippen molar-refractivity contribution in [1.82, 2.24) is 14.9 Å². The normalized spacial score (nSPS) is 26.1. The van der Waals surface area contributed by atoms with Gasteiger partial charge in [0.15, 0.2) is 0 Å². The highest BCUT2D eigenvalue weighted by Gasteiger charge is 2.21. The molecule has 1 aromatic rings. The van der Waals surface area contributed by atoms with Crippen molar-refractivity contribution in [3.63, 3.8) is 0 Å². The predicted octanol–water partition coefficient (Wildman–Crippen LogP) is 0.829. The van der Waals surface area contributed by atoms with Crippen LogP contribution in [0.3, 0.4) is 0 Å². The Morgan fingerprint density at radius 2 is 2.64 bits per heavy atom. The summed E-state index contributed by atoms with van der Waals surface area (Å²) >= 11 is 0. The van der Waals surface area contributed by atoms with E-state index in [0.717, 1.165) is 0 Å². The Kier molecular flexibility index (Phi) is 1.66. The van der Waals surface area contributed by atoms with E-state index in [0.29, 0.717) is 5.92 Å². The van der Waals surface area contributed by atoms with Crippen LogP contribution in [0.15, 0.2) is 12.5 Å². The van der Waals surface area contributed by atoms with Crippen LogP contribution >= 0.6 is 0 Å². The standard InChI is InChI=1S/C8H13N3/c1-11-3-2-7(5-11)8-4-9-6-10-8/h4,6-7H,2-3,5H2,1H3,(H,9,10). The molecule has 2 heterocycles. The summed E-state index contributed by atoms with van der Waals surface area (Å²) in [7, 11) is 2.16. The number of aromatic nitrogens is 2. The molecule has 0 radical (unpaired) electrons. The largest absolute Gasteiger partial charge is 0.348 e. The van der Waals surface area contributed by atoms with Crippen molar-refractivity contribution in [2.45, 2.75) is 12.3 Å². The minimum atomic E-state index is 0.683. The lowest BCUT2D eigenvalue weighted by Gasteiger charge is -2.07. The lowest BCUT2D eigenvalue weighted by molar-refractivity contribution is 0.411. The Bertz CT molecular complexity index is 217. The topological polar surface area (TPSA) is 31.9 Å². The molecular weight excluding hydrogens is 138 g/mol. The zero-order chi connectivity index (χ0) is 7.68. The van der Waals surface area contributed by atoms with Gasteiger partial charge in [-0.15, -0.1) is 0 Å². The van der Waals surface area contributed by atoms with Crippen LogP contribution in [0.4, 0.5) is 0 Å². The Morgan fingerprint density at radius 3 is 3.18 bits per heavy atom. The first-order valence-corrected chi connectivity index (χ1v) is 4.03. The molecule has 3 nitrogen and oxygen atoms in total. The van der Waals surface area contributed by atoms with Crippen LogP contribution in [0, 0.1) is 0 Å². The number of H-pyrrole nitrogens is 1. The SMILES string of the molecule is CN1CCC(c2cnc[nH]2)C1. The lowest BCUT2D eigenvalue weighted by Crippen LogP contribution is -2.13. The summed E-state index contributed by atoms with van der Waals surface area (Å²) in [6, 6.07) is 0. The van der Waals surface area contributed by atoms with E-state index in [4.69, 9.17) is 0 Å². The van der Waals surface area contributed by atoms with Crippen molar-refractivity contribution in [2.24, 2.45) is 0 Å². The van der Waals surface area contributed by atoms with Crippen LogP contribution in [0.5, 0.6) is 0 Å². The second-order valence-electron chi connectivity index (χ2n) is 3.25. The molecule has 2 rings (SSSR count). The van der Waals surface area contributed by atoms with E-state index in [9.17, 15) is 0 Å². The summed E-state index contributed by atoms with van der Waals surface area (Å²) in [4.78, 5) is 9.53. The first-order valence-electron chi connectivity index (χ1n) is 4.03. The quantitative estimate of drug-likeness (QED) is 0.644. The van der Waals surface area contributed by atoms with Gasteiger partial charge in [-0.05, 0) is 20.0 Å². The van der Waals surface area contributed by atoms with Crippen LogP contribution < -0.4 is 0 Å². The maximum atomic E-state index is 4.02. The highest BCUT2D eigenvalue weighted by atomic mass is 15.1. The maximum absolute atomic E-state index is 4.02. The molecule has 1 N–H and O–H groups in total. The summed E-state index contributed by atoms with van der Waals surface area (Å²) in [5, 5.41) is 0. The van der Waals surface area contributed by atoms with Gasteiger partial charge in [0.05, 0.1) is 6.33 Å². The van der Waals surface area contributed by atoms with Gasteiger partial charge in [-0.25, -0.2) is 4.98 Å². The van der Waals surface area contributed by atoms with Crippen molar-refractivity contribution in [2.75, 3.05) is 20.1 Å². The first-order chi connectivity index (χ1) is 5.36. The Balaban J connectivity index is 2.08. The fourth-order valence-electron chi connectivity index (χ4n) is 1.68. The average molecular weight is 151 g/mol. The summed E-state index contributed by atoms with van der Waals surface area (Å²) in [6.45, 7) is 2.38. The minimum Gasteiger partial charge on any atom is -0.348 e. The van der Waals surface area contributed by atoms with Crippen LogP contribution in [0.25, 0.3) is 0 Å². The molecule has 11 heavy (non-hydrogen) atoms. The molecule has 0 spiro atoms. The Hall–Kier alpha value is -0.830. The molecule has 1 saturated heterocycles. The van der Waals surface area contributed by atoms with Crippen molar-refractivity contribution < 1.29 is 0 Å². The van der Waals surface area contributed by atoms with Gasteiger partial charge in [-0.2, -0.15) is 0 Å². The molecule has 1 aliphatic heterocycles. The molecule has 0 saturated carbocycles. The van der Waals surface area contributed by atoms with Crippen LogP contribution in [0.1, 0.15) is 18.0 Å². The third kappa shape index (κ3) is 1.28. The molecule has 1 unspecified atom stereocenters. The second kappa shape index (κ2) is 2.66. The zero-order valence-corrected chi connectivity index (χ0v) is 6.75. The summed E-state index contributed by atoms with van der Waals surface area (Å²) in [6.07, 6.45) is 4.95. The fourth-order valence-corrected chi connectivity index (χ4v) is 1.68. The number of hydrogen-bond donors (Lipinski definition) is 1. The molecular formula is C8H13N3. The highest BCUT2D eigenvalue weighted by molar-refractivity contribution is 5.06. The van der Waals surface area contributed by atoms with Gasteiger partial charge in [-0.3, -0.25) is 0 Å². The number of hydrogen-bond acceptors (Lipinski definition) is 2. The first kappa shape index (κ1) is 6.85. The van der Waals surface area contributed by atoms with Gasteiger partial charge in [0.25, 0.3) is 0 Å². The third-order valence-corrected chi connectivity index (χ3v) is 2.35. The van der Waals surface area contributed by atoms with Gasteiger partial charge < -0.3 is 9.88 Å². The smallest absolute Gasteiger partial charge is 0.0921 e. The summed E-state index contributed by atoms with van der Waals surface area (Å²) < 4.78 is 0. The van der Waals surface area contributed by atoms with Gasteiger partial charge in [0, 0.05) is 24.4 Å². The van der Waals surface area contributed by atoms with Crippen molar-refractivity contribution in [1.29, 1.82) is 0 Å². The number of nitrogens with zero attached hydrogens (tertiary/aromatic N) is 2. The van der Waals surface area contributed by atoms with Gasteiger partial charge in [-0.1, -0.05) is 0 Å². The molecule has 1 aromatic heterocycles. The monoisotopic (exact) mass is 151 g/mol. The second-order valence-corrected chi connectivity index (χ2v) is 3.25. The molecule has 0 aromatic carbocycles. The van der Waals surface area contributed by atoms with E-state index in [-0.39, 0.29) is 0 Å². The molecule has 0 bridgehead atoms. The Labute approximate surface area is 66.4 Å². The molecule has 0 amide bonds. The van der Waals surface area contributed by atoms with Gasteiger partial charge in [0.1, 0.15) is 0 Å². The van der Waals surface area contributed by atoms with E-state index < -0.39 is 0 Å². The van der Waals surface area contributed by atoms with E-state index in [2.05, 4.69) is 21.9 Å². The molecule has 1 atom stereocenters. The molecule has 1 fully saturated rings. The summed E-state index contributed by atoms with van der Waals surface area (Å²) in [5.74, 6) is 0.683. The predicted molar refractivity (Wildman–Crippen MR) is 43.4 cm³/mol. The van der Waals surface area contributed by atoms with E-state index in [1.54, 1.807) is 6.33 Å². The zero-order valence-electron chi connectivity index (χ0n) is 6.75. The van der Waals surface area contributed by atoms with Crippen molar-refractivity contribution in [3.8, 4) is 0 Å². The molecule has 0 aliphatic carbocycles. The number of likely N-dealkylation sites (N-methyl/N-ethyl adjacent to an activating group) is 1. The van der Waals surface area contributed by atoms with E-state index in [1.807, 2.05) is 6.20 Å². The van der Waals surface area contributed by atoms with Crippen molar-refractivity contribution >= 4 is 0 Å². The van der Waals surface area contributed by atoms with Crippen LogP contribution in [-0.4, -0.2) is 35.0 Å². The average Bonchev–Trinajstić information content (AvgIpc) is 2.55. The number of imidazole rings is 1. The maximum Gasteiger partial charge on any atom is 0.0921 e. The molecule has 1 aliphatic rings.